The van der Waals surface area contributed by atoms with Gasteiger partial charge in [0.05, 0.1) is 16.8 Å². The van der Waals surface area contributed by atoms with Gasteiger partial charge in [0.15, 0.2) is 10.3 Å². The predicted molar refractivity (Wildman–Crippen MR) is 108 cm³/mol. The van der Waals surface area contributed by atoms with Crippen LogP contribution in [0.1, 0.15) is 5.56 Å². The molecule has 0 aliphatic carbocycles. The highest BCUT2D eigenvalue weighted by Gasteiger charge is 2.16. The number of thioether (sulfide) groups is 1. The molecule has 0 saturated heterocycles. The number of benzene rings is 2. The van der Waals surface area contributed by atoms with E-state index in [9.17, 15) is 5.11 Å². The molecule has 3 aromatic rings. The lowest BCUT2D eigenvalue weighted by Gasteiger charge is -2.07. The predicted octanol–water partition coefficient (Wildman–Crippen LogP) is 3.78. The van der Waals surface area contributed by atoms with E-state index in [4.69, 9.17) is 0 Å². The zero-order chi connectivity index (χ0) is 17.1. The van der Waals surface area contributed by atoms with Gasteiger partial charge < -0.3 is 15.7 Å². The first-order valence-corrected chi connectivity index (χ1v) is 9.80. The first-order valence-electron chi connectivity index (χ1n) is 8.11. The molecule has 0 bridgehead atoms. The summed E-state index contributed by atoms with van der Waals surface area (Å²) < 4.78 is 1.21. The first-order chi connectivity index (χ1) is 12.3. The second-order valence-electron chi connectivity index (χ2n) is 5.70. The van der Waals surface area contributed by atoms with E-state index in [0.29, 0.717) is 6.54 Å². The summed E-state index contributed by atoms with van der Waals surface area (Å²) in [6.45, 7) is 1.31. The van der Waals surface area contributed by atoms with Gasteiger partial charge in [-0.3, -0.25) is 4.99 Å². The van der Waals surface area contributed by atoms with Gasteiger partial charge in [-0.15, -0.1) is 0 Å². The van der Waals surface area contributed by atoms with Crippen molar-refractivity contribution in [3.63, 3.8) is 0 Å². The molecule has 0 fully saturated rings. The molecule has 4 rings (SSSR count). The smallest absolute Gasteiger partial charge is 0.183 e. The molecule has 0 radical (unpaired) electrons. The van der Waals surface area contributed by atoms with Gasteiger partial charge >= 0.3 is 0 Å². The zero-order valence-electron chi connectivity index (χ0n) is 13.5. The van der Waals surface area contributed by atoms with Crippen LogP contribution < -0.4 is 10.6 Å². The van der Waals surface area contributed by atoms with Gasteiger partial charge in [0.25, 0.3) is 0 Å². The van der Waals surface area contributed by atoms with Crippen LogP contribution in [0.4, 0.5) is 10.8 Å². The van der Waals surface area contributed by atoms with Crippen LogP contribution in [0, 0.1) is 0 Å². The molecule has 1 unspecified atom stereocenters. The van der Waals surface area contributed by atoms with Crippen LogP contribution in [0.3, 0.4) is 0 Å². The van der Waals surface area contributed by atoms with E-state index < -0.39 is 5.44 Å². The summed E-state index contributed by atoms with van der Waals surface area (Å²) in [6, 6.07) is 16.5. The van der Waals surface area contributed by atoms with Crippen LogP contribution in [-0.4, -0.2) is 33.8 Å². The summed E-state index contributed by atoms with van der Waals surface area (Å²) >= 11 is 3.04. The monoisotopic (exact) mass is 370 g/mol. The lowest BCUT2D eigenvalue weighted by Crippen LogP contribution is -2.07. The first kappa shape index (κ1) is 16.4. The van der Waals surface area contributed by atoms with Gasteiger partial charge in [0.1, 0.15) is 5.44 Å². The van der Waals surface area contributed by atoms with Gasteiger partial charge in [-0.1, -0.05) is 47.4 Å². The highest BCUT2D eigenvalue weighted by Crippen LogP contribution is 2.25. The minimum atomic E-state index is -0.421. The molecule has 3 N–H and O–H groups in total. The number of aromatic nitrogens is 1. The number of para-hydroxylation sites is 1. The molecule has 0 spiro atoms. The van der Waals surface area contributed by atoms with Crippen molar-refractivity contribution in [1.29, 1.82) is 0 Å². The van der Waals surface area contributed by atoms with Crippen molar-refractivity contribution in [2.45, 2.75) is 11.9 Å². The van der Waals surface area contributed by atoms with E-state index in [1.54, 1.807) is 11.3 Å². The summed E-state index contributed by atoms with van der Waals surface area (Å²) in [4.78, 5) is 8.82. The Balaban J connectivity index is 1.29. The summed E-state index contributed by atoms with van der Waals surface area (Å²) in [5, 5.41) is 17.8. The third-order valence-electron chi connectivity index (χ3n) is 3.83. The number of nitrogens with one attached hydrogen (secondary N) is 2. The lowest BCUT2D eigenvalue weighted by molar-refractivity contribution is 0.276. The second kappa shape index (κ2) is 7.43. The van der Waals surface area contributed by atoms with Crippen molar-refractivity contribution < 1.29 is 5.11 Å². The third-order valence-corrected chi connectivity index (χ3v) is 5.70. The number of thiazole rings is 1. The fourth-order valence-corrected chi connectivity index (χ4v) is 4.20. The molecular weight excluding hydrogens is 352 g/mol. The molecular formula is C18H18N4OS2. The maximum absolute atomic E-state index is 9.46. The molecule has 2 heterocycles. The topological polar surface area (TPSA) is 69.5 Å². The summed E-state index contributed by atoms with van der Waals surface area (Å²) in [7, 11) is 0. The van der Waals surface area contributed by atoms with Gasteiger partial charge in [-0.05, 0) is 36.2 Å². The number of aliphatic hydroxyl groups excluding tert-OH is 1. The van der Waals surface area contributed by atoms with Crippen LogP contribution in [0.25, 0.3) is 10.2 Å². The highest BCUT2D eigenvalue weighted by atomic mass is 32.2. The molecule has 1 atom stereocenters. The minimum absolute atomic E-state index is 0.421. The molecule has 128 valence electrons. The third kappa shape index (κ3) is 4.12. The number of hydrogen-bond donors (Lipinski definition) is 3. The Morgan fingerprint density at radius 1 is 1.12 bits per heavy atom. The van der Waals surface area contributed by atoms with Crippen molar-refractivity contribution >= 4 is 49.3 Å². The Kier molecular flexibility index (Phi) is 4.87. The molecule has 0 saturated carbocycles. The molecule has 5 nitrogen and oxygen atoms in total. The number of aliphatic imine (C=N–C) groups is 1. The number of rotatable bonds is 5. The Morgan fingerprint density at radius 3 is 2.72 bits per heavy atom. The van der Waals surface area contributed by atoms with Crippen LogP contribution in [0.5, 0.6) is 0 Å². The Morgan fingerprint density at radius 2 is 1.96 bits per heavy atom. The molecule has 1 aromatic heterocycles. The molecule has 7 heteroatoms. The van der Waals surface area contributed by atoms with E-state index >= 15 is 0 Å². The van der Waals surface area contributed by atoms with Gasteiger partial charge in [0.2, 0.25) is 0 Å². The fourth-order valence-electron chi connectivity index (χ4n) is 2.57. The molecule has 1 aliphatic rings. The number of nitrogens with zero attached hydrogens (tertiary/aromatic N) is 2. The fraction of sp³-hybridized carbons (Fsp3) is 0.222. The Hall–Kier alpha value is -2.09. The highest BCUT2D eigenvalue weighted by molar-refractivity contribution is 8.14. The van der Waals surface area contributed by atoms with E-state index in [0.717, 1.165) is 34.5 Å². The summed E-state index contributed by atoms with van der Waals surface area (Å²) in [5.41, 5.74) is 2.88. The lowest BCUT2D eigenvalue weighted by atomic mass is 10.1. The van der Waals surface area contributed by atoms with Crippen molar-refractivity contribution in [2.24, 2.45) is 4.99 Å². The van der Waals surface area contributed by atoms with Gasteiger partial charge in [-0.25, -0.2) is 4.98 Å². The van der Waals surface area contributed by atoms with Crippen molar-refractivity contribution in [3.8, 4) is 0 Å². The summed E-state index contributed by atoms with van der Waals surface area (Å²) in [6.07, 6.45) is 0.935. The molecule has 2 aromatic carbocycles. The van der Waals surface area contributed by atoms with Gasteiger partial charge in [-0.2, -0.15) is 0 Å². The normalized spacial score (nSPS) is 16.8. The van der Waals surface area contributed by atoms with Crippen molar-refractivity contribution in [1.82, 2.24) is 4.98 Å². The number of aliphatic hydroxyl groups is 1. The van der Waals surface area contributed by atoms with Crippen LogP contribution >= 0.6 is 23.1 Å². The quantitative estimate of drug-likeness (QED) is 0.638. The molecule has 1 aliphatic heterocycles. The van der Waals surface area contributed by atoms with E-state index in [-0.39, 0.29) is 0 Å². The van der Waals surface area contributed by atoms with E-state index in [1.807, 2.05) is 30.3 Å². The minimum Gasteiger partial charge on any atom is -0.380 e. The number of fused-ring (bicyclic) bond motifs is 1. The SMILES string of the molecule is OC1CN=C(Nc2ccc(CCNc3nc4ccccc4s3)cc2)S1. The largest absolute Gasteiger partial charge is 0.380 e. The Bertz CT molecular complexity index is 858. The maximum atomic E-state index is 9.46. The van der Waals surface area contributed by atoms with Crippen molar-refractivity contribution in [3.05, 3.63) is 54.1 Å². The number of amidine groups is 1. The second-order valence-corrected chi connectivity index (χ2v) is 7.90. The van der Waals surface area contributed by atoms with Crippen LogP contribution in [0.15, 0.2) is 53.5 Å². The van der Waals surface area contributed by atoms with E-state index in [2.05, 4.69) is 38.8 Å². The zero-order valence-corrected chi connectivity index (χ0v) is 15.1. The average molecular weight is 371 g/mol. The molecule has 0 amide bonds. The van der Waals surface area contributed by atoms with Crippen LogP contribution in [0.2, 0.25) is 0 Å². The number of hydrogen-bond acceptors (Lipinski definition) is 7. The van der Waals surface area contributed by atoms with E-state index in [1.165, 1.54) is 22.0 Å². The molecule has 25 heavy (non-hydrogen) atoms. The van der Waals surface area contributed by atoms with Crippen LogP contribution in [-0.2, 0) is 6.42 Å². The summed E-state index contributed by atoms with van der Waals surface area (Å²) in [5.74, 6) is 0. The van der Waals surface area contributed by atoms with Crippen molar-refractivity contribution in [2.75, 3.05) is 23.7 Å². The average Bonchev–Trinajstić information content (AvgIpc) is 3.22. The number of anilines is 2. The Labute approximate surface area is 154 Å². The standard InChI is InChI=1S/C18H18N4OS2/c23-16-11-20-18(25-16)21-13-7-5-12(6-8-13)9-10-19-17-22-14-3-1-2-4-15(14)24-17/h1-8,16,23H,9-11H2,(H,19,22)(H,20,21). The van der Waals surface area contributed by atoms with Gasteiger partial charge in [0, 0.05) is 12.2 Å². The maximum Gasteiger partial charge on any atom is 0.183 e.